The fourth-order valence-electron chi connectivity index (χ4n) is 1.65. The molecule has 1 heterocycles. The number of sulfonamides is 1. The highest BCUT2D eigenvalue weighted by Crippen LogP contribution is 2.16. The van der Waals surface area contributed by atoms with Crippen molar-refractivity contribution in [2.45, 2.75) is 13.3 Å². The van der Waals surface area contributed by atoms with Crippen LogP contribution in [0.4, 0.5) is 5.69 Å². The summed E-state index contributed by atoms with van der Waals surface area (Å²) in [7, 11) is -3.39. The number of benzene rings is 1. The van der Waals surface area contributed by atoms with Crippen LogP contribution in [0, 0.1) is 6.92 Å². The molecule has 0 aliphatic heterocycles. The van der Waals surface area contributed by atoms with Gasteiger partial charge >= 0.3 is 0 Å². The molecule has 2 aromatic rings. The van der Waals surface area contributed by atoms with Crippen LogP contribution in [-0.4, -0.2) is 40.3 Å². The Bertz CT molecular complexity index is 686. The van der Waals surface area contributed by atoms with E-state index in [1.165, 1.54) is 4.68 Å². The number of hydrogen-bond donors (Lipinski definition) is 1. The van der Waals surface area contributed by atoms with Gasteiger partial charge in [-0.2, -0.15) is 4.68 Å². The van der Waals surface area contributed by atoms with E-state index < -0.39 is 10.0 Å². The Hall–Kier alpha value is -1.67. The third-order valence-corrected chi connectivity index (χ3v) is 4.18. The summed E-state index contributed by atoms with van der Waals surface area (Å²) in [6, 6.07) is 6.86. The van der Waals surface area contributed by atoms with Crippen LogP contribution in [0.2, 0.25) is 0 Å². The van der Waals surface area contributed by atoms with Gasteiger partial charge in [-0.05, 0) is 42.0 Å². The number of nitrogens with zero attached hydrogens (tertiary/aromatic N) is 4. The molecule has 0 atom stereocenters. The highest BCUT2D eigenvalue weighted by atomic mass is 35.5. The lowest BCUT2D eigenvalue weighted by Crippen LogP contribution is -2.17. The SMILES string of the molecule is Cc1nnnn1-c1cccc(NS(=O)(=O)CCCCl)c1. The largest absolute Gasteiger partial charge is 0.283 e. The number of anilines is 1. The van der Waals surface area contributed by atoms with Crippen molar-refractivity contribution in [3.8, 4) is 5.69 Å². The molecule has 1 N–H and O–H groups in total. The first-order valence-electron chi connectivity index (χ1n) is 5.94. The maximum atomic E-state index is 11.8. The van der Waals surface area contributed by atoms with Gasteiger partial charge in [0.2, 0.25) is 10.0 Å². The number of tetrazole rings is 1. The molecule has 9 heteroatoms. The van der Waals surface area contributed by atoms with Gasteiger partial charge < -0.3 is 0 Å². The average Bonchev–Trinajstić information content (AvgIpc) is 2.82. The number of aromatic nitrogens is 4. The lowest BCUT2D eigenvalue weighted by molar-refractivity contribution is 0.600. The standard InChI is InChI=1S/C11H14ClN5O2S/c1-9-13-15-16-17(9)11-5-2-4-10(8-11)14-20(18,19)7-3-6-12/h2,4-5,8,14H,3,6-7H2,1H3. The van der Waals surface area contributed by atoms with Crippen LogP contribution in [0.1, 0.15) is 12.2 Å². The van der Waals surface area contributed by atoms with Gasteiger partial charge in [-0.15, -0.1) is 16.7 Å². The third-order valence-electron chi connectivity index (χ3n) is 2.54. The molecule has 0 bridgehead atoms. The first kappa shape index (κ1) is 14.7. The molecular weight excluding hydrogens is 302 g/mol. The van der Waals surface area contributed by atoms with E-state index in [2.05, 4.69) is 20.2 Å². The van der Waals surface area contributed by atoms with Crippen molar-refractivity contribution in [1.82, 2.24) is 20.2 Å². The second-order valence-electron chi connectivity index (χ2n) is 4.15. The van der Waals surface area contributed by atoms with Gasteiger partial charge in [0.15, 0.2) is 5.82 Å². The molecular formula is C11H14ClN5O2S. The second kappa shape index (κ2) is 6.19. The van der Waals surface area contributed by atoms with Crippen molar-refractivity contribution >= 4 is 27.3 Å². The van der Waals surface area contributed by atoms with Gasteiger partial charge in [-0.25, -0.2) is 8.42 Å². The number of halogens is 1. The van der Waals surface area contributed by atoms with E-state index in [9.17, 15) is 8.42 Å². The van der Waals surface area contributed by atoms with E-state index in [1.807, 2.05) is 0 Å². The molecule has 1 aromatic carbocycles. The molecule has 0 radical (unpaired) electrons. The Kier molecular flexibility index (Phi) is 4.56. The molecule has 0 fully saturated rings. The first-order valence-corrected chi connectivity index (χ1v) is 8.12. The normalized spacial score (nSPS) is 11.5. The van der Waals surface area contributed by atoms with Crippen molar-refractivity contribution < 1.29 is 8.42 Å². The molecule has 0 spiro atoms. The maximum Gasteiger partial charge on any atom is 0.232 e. The summed E-state index contributed by atoms with van der Waals surface area (Å²) in [4.78, 5) is 0. The quantitative estimate of drug-likeness (QED) is 0.812. The Morgan fingerprint density at radius 3 is 2.85 bits per heavy atom. The van der Waals surface area contributed by atoms with E-state index in [1.54, 1.807) is 31.2 Å². The zero-order valence-electron chi connectivity index (χ0n) is 10.8. The third kappa shape index (κ3) is 3.67. The minimum Gasteiger partial charge on any atom is -0.283 e. The summed E-state index contributed by atoms with van der Waals surface area (Å²) in [5, 5.41) is 11.2. The highest BCUT2D eigenvalue weighted by Gasteiger charge is 2.11. The summed E-state index contributed by atoms with van der Waals surface area (Å²) in [5.41, 5.74) is 1.15. The number of aryl methyl sites for hydroxylation is 1. The van der Waals surface area contributed by atoms with Gasteiger partial charge in [0.25, 0.3) is 0 Å². The van der Waals surface area contributed by atoms with Gasteiger partial charge in [-0.1, -0.05) is 6.07 Å². The summed E-state index contributed by atoms with van der Waals surface area (Å²) >= 11 is 5.50. The Morgan fingerprint density at radius 2 is 2.20 bits per heavy atom. The van der Waals surface area contributed by atoms with Crippen LogP contribution >= 0.6 is 11.6 Å². The van der Waals surface area contributed by atoms with E-state index in [-0.39, 0.29) is 5.75 Å². The van der Waals surface area contributed by atoms with Gasteiger partial charge in [0, 0.05) is 5.88 Å². The fourth-order valence-corrected chi connectivity index (χ4v) is 3.05. The number of rotatable bonds is 6. The van der Waals surface area contributed by atoms with Crippen LogP contribution < -0.4 is 4.72 Å². The van der Waals surface area contributed by atoms with Crippen LogP contribution in [-0.2, 0) is 10.0 Å². The van der Waals surface area contributed by atoms with Crippen LogP contribution in [0.25, 0.3) is 5.69 Å². The molecule has 0 aliphatic carbocycles. The molecule has 1 aromatic heterocycles. The molecule has 0 aliphatic rings. The minimum absolute atomic E-state index is 0.00929. The molecule has 7 nitrogen and oxygen atoms in total. The molecule has 0 saturated heterocycles. The minimum atomic E-state index is -3.39. The van der Waals surface area contributed by atoms with E-state index in [4.69, 9.17) is 11.6 Å². The van der Waals surface area contributed by atoms with E-state index >= 15 is 0 Å². The van der Waals surface area contributed by atoms with Gasteiger partial charge in [0.1, 0.15) is 0 Å². The smallest absolute Gasteiger partial charge is 0.232 e. The molecule has 2 rings (SSSR count). The summed E-state index contributed by atoms with van der Waals surface area (Å²) < 4.78 is 27.6. The van der Waals surface area contributed by atoms with E-state index in [0.717, 1.165) is 0 Å². The summed E-state index contributed by atoms with van der Waals surface area (Å²) in [5.74, 6) is 0.919. The summed E-state index contributed by atoms with van der Waals surface area (Å²) in [6.45, 7) is 1.76. The monoisotopic (exact) mass is 315 g/mol. The highest BCUT2D eigenvalue weighted by molar-refractivity contribution is 7.92. The Morgan fingerprint density at radius 1 is 1.40 bits per heavy atom. The lowest BCUT2D eigenvalue weighted by atomic mass is 10.3. The maximum absolute atomic E-state index is 11.8. The average molecular weight is 316 g/mol. The number of nitrogens with one attached hydrogen (secondary N) is 1. The van der Waals surface area contributed by atoms with Crippen LogP contribution in [0.5, 0.6) is 0 Å². The topological polar surface area (TPSA) is 89.8 Å². The number of hydrogen-bond acceptors (Lipinski definition) is 5. The Labute approximate surface area is 122 Å². The lowest BCUT2D eigenvalue weighted by Gasteiger charge is -2.09. The van der Waals surface area contributed by atoms with Gasteiger partial charge in [0.05, 0.1) is 17.1 Å². The zero-order valence-corrected chi connectivity index (χ0v) is 12.4. The van der Waals surface area contributed by atoms with Crippen molar-refractivity contribution in [3.05, 3.63) is 30.1 Å². The molecule has 0 unspecified atom stereocenters. The predicted octanol–water partition coefficient (Wildman–Crippen LogP) is 1.34. The van der Waals surface area contributed by atoms with Gasteiger partial charge in [-0.3, -0.25) is 4.72 Å². The second-order valence-corrected chi connectivity index (χ2v) is 6.37. The molecule has 0 saturated carbocycles. The zero-order chi connectivity index (χ0) is 14.6. The Balaban J connectivity index is 2.21. The van der Waals surface area contributed by atoms with Crippen molar-refractivity contribution in [1.29, 1.82) is 0 Å². The predicted molar refractivity (Wildman–Crippen MR) is 76.6 cm³/mol. The van der Waals surface area contributed by atoms with E-state index in [0.29, 0.717) is 29.5 Å². The first-order chi connectivity index (χ1) is 9.52. The summed E-state index contributed by atoms with van der Waals surface area (Å²) in [6.07, 6.45) is 0.405. The van der Waals surface area contributed by atoms with Crippen LogP contribution in [0.15, 0.2) is 24.3 Å². The van der Waals surface area contributed by atoms with Crippen molar-refractivity contribution in [2.24, 2.45) is 0 Å². The fraction of sp³-hybridized carbons (Fsp3) is 0.364. The number of alkyl halides is 1. The van der Waals surface area contributed by atoms with Crippen molar-refractivity contribution in [3.63, 3.8) is 0 Å². The van der Waals surface area contributed by atoms with Crippen molar-refractivity contribution in [2.75, 3.05) is 16.4 Å². The molecule has 108 valence electrons. The molecule has 0 amide bonds. The molecule has 20 heavy (non-hydrogen) atoms. The van der Waals surface area contributed by atoms with Crippen LogP contribution in [0.3, 0.4) is 0 Å².